The summed E-state index contributed by atoms with van der Waals surface area (Å²) in [6.45, 7) is 0. The lowest BCUT2D eigenvalue weighted by molar-refractivity contribution is -0.413. The first-order valence-corrected chi connectivity index (χ1v) is 7.23. The molecule has 0 saturated heterocycles. The number of rotatable bonds is 2. The smallest absolute Gasteiger partial charge is 0.308 e. The van der Waals surface area contributed by atoms with E-state index in [1.54, 1.807) is 0 Å². The molecule has 0 aromatic carbocycles. The lowest BCUT2D eigenvalue weighted by Gasteiger charge is -2.06. The van der Waals surface area contributed by atoms with Crippen LogP contribution in [0.15, 0.2) is 36.7 Å². The van der Waals surface area contributed by atoms with Gasteiger partial charge in [-0.05, 0) is 0 Å². The fourth-order valence-corrected chi connectivity index (χ4v) is 1.08. The molecule has 2 heterocycles. The number of pyridine rings is 2. The zero-order valence-corrected chi connectivity index (χ0v) is 13.0. The molecule has 0 bridgehead atoms. The van der Waals surface area contributed by atoms with Gasteiger partial charge in [0, 0.05) is 34.7 Å². The summed E-state index contributed by atoms with van der Waals surface area (Å²) in [6.07, 6.45) is 2.49. The zero-order valence-electron chi connectivity index (χ0n) is 12.2. The Balaban J connectivity index is 0.000000368. The molecule has 15 heteroatoms. The summed E-state index contributed by atoms with van der Waals surface area (Å²) in [6, 6.07) is 5.56. The fraction of sp³-hybridized carbons (Fsp3) is 0. The van der Waals surface area contributed by atoms with Gasteiger partial charge in [0.1, 0.15) is 0 Å². The summed E-state index contributed by atoms with van der Waals surface area (Å²) in [5.74, 6) is 0.816. The number of hydrogen-bond acceptors (Lipinski definition) is 10. The first-order chi connectivity index (χ1) is 11.4. The largest absolute Gasteiger partial charge is 0.759 e. The molecule has 2 rings (SSSR count). The number of H-pyrrole nitrogens is 2. The molecular formula is C10H12N6O8S. The zero-order chi connectivity index (χ0) is 19.6. The Morgan fingerprint density at radius 2 is 1.08 bits per heavy atom. The van der Waals surface area contributed by atoms with Crippen molar-refractivity contribution in [3.63, 3.8) is 0 Å². The third-order valence-electron chi connectivity index (χ3n) is 2.06. The van der Waals surface area contributed by atoms with E-state index in [0.29, 0.717) is 11.6 Å². The Kier molecular flexibility index (Phi) is 8.33. The van der Waals surface area contributed by atoms with Gasteiger partial charge in [-0.2, -0.15) is 0 Å². The SMILES string of the molecule is Nc1ccc([N+](=O)[O-])c[nH+]1.Nc1ccc([N+](=O)[O-])c[nH+]1.O=S(=O)([O-])[O-]. The van der Waals surface area contributed by atoms with Gasteiger partial charge in [-0.1, -0.05) is 0 Å². The van der Waals surface area contributed by atoms with Crippen LogP contribution < -0.4 is 21.4 Å². The van der Waals surface area contributed by atoms with Gasteiger partial charge in [0.2, 0.25) is 0 Å². The molecule has 2 aromatic rings. The maximum absolute atomic E-state index is 10.1. The monoisotopic (exact) mass is 376 g/mol. The summed E-state index contributed by atoms with van der Waals surface area (Å²) in [5, 5.41) is 20.1. The molecule has 6 N–H and O–H groups in total. The Bertz CT molecular complexity index is 745. The minimum atomic E-state index is -5.17. The van der Waals surface area contributed by atoms with E-state index in [1.807, 2.05) is 0 Å². The van der Waals surface area contributed by atoms with Crippen molar-refractivity contribution in [3.8, 4) is 0 Å². The third kappa shape index (κ3) is 11.8. The predicted octanol–water partition coefficient (Wildman–Crippen LogP) is -1.36. The van der Waals surface area contributed by atoms with Gasteiger partial charge >= 0.3 is 11.4 Å². The molecule has 0 spiro atoms. The molecule has 0 unspecified atom stereocenters. The third-order valence-corrected chi connectivity index (χ3v) is 2.06. The van der Waals surface area contributed by atoms with E-state index >= 15 is 0 Å². The van der Waals surface area contributed by atoms with E-state index in [0.717, 1.165) is 0 Å². The molecule has 2 aromatic heterocycles. The van der Waals surface area contributed by atoms with E-state index < -0.39 is 20.2 Å². The highest BCUT2D eigenvalue weighted by Gasteiger charge is 2.06. The van der Waals surface area contributed by atoms with Crippen molar-refractivity contribution in [2.24, 2.45) is 0 Å². The molecule has 0 amide bonds. The molecule has 0 aliphatic heterocycles. The van der Waals surface area contributed by atoms with Crippen LogP contribution in [0.1, 0.15) is 0 Å². The molecule has 25 heavy (non-hydrogen) atoms. The highest BCUT2D eigenvalue weighted by Crippen LogP contribution is 2.06. The van der Waals surface area contributed by atoms with Crippen LogP contribution in [0.25, 0.3) is 0 Å². The van der Waals surface area contributed by atoms with Gasteiger partial charge in [-0.15, -0.1) is 0 Å². The van der Waals surface area contributed by atoms with Gasteiger partial charge in [-0.3, -0.25) is 40.1 Å². The molecule has 14 nitrogen and oxygen atoms in total. The van der Waals surface area contributed by atoms with Crippen LogP contribution in [0.3, 0.4) is 0 Å². The number of nitro groups is 2. The Labute approximate surface area is 140 Å². The van der Waals surface area contributed by atoms with Gasteiger partial charge in [0.25, 0.3) is 11.6 Å². The lowest BCUT2D eigenvalue weighted by Crippen LogP contribution is -2.09. The van der Waals surface area contributed by atoms with Crippen molar-refractivity contribution in [2.45, 2.75) is 0 Å². The Hall–Kier alpha value is -3.43. The highest BCUT2D eigenvalue weighted by atomic mass is 32.3. The number of nitrogens with one attached hydrogen (secondary N) is 2. The number of aromatic amines is 2. The van der Waals surface area contributed by atoms with Gasteiger partial charge in [-0.25, -0.2) is 9.97 Å². The summed E-state index contributed by atoms with van der Waals surface area (Å²) < 4.78 is 34.1. The second kappa shape index (κ2) is 9.65. The average Bonchev–Trinajstić information content (AvgIpc) is 2.47. The number of nitrogens with two attached hydrogens (primary N) is 2. The van der Waals surface area contributed by atoms with Crippen molar-refractivity contribution < 1.29 is 37.3 Å². The number of hydrogen-bond donors (Lipinski definition) is 2. The van der Waals surface area contributed by atoms with Crippen LogP contribution in [0.4, 0.5) is 23.0 Å². The fourth-order valence-electron chi connectivity index (χ4n) is 1.08. The van der Waals surface area contributed by atoms with Crippen LogP contribution in [-0.4, -0.2) is 27.4 Å². The van der Waals surface area contributed by atoms with Crippen LogP contribution >= 0.6 is 0 Å². The maximum Gasteiger partial charge on any atom is 0.308 e. The first-order valence-electron chi connectivity index (χ1n) is 5.90. The molecule has 0 atom stereocenters. The van der Waals surface area contributed by atoms with Crippen LogP contribution in [0, 0.1) is 20.2 Å². The molecule has 0 fully saturated rings. The standard InChI is InChI=1S/2C5H5N3O2.H2O4S/c2*6-5-2-1-4(3-7-5)8(9)10;1-5(2,3)4/h2*1-3H,(H2,6,7);(H2,1,2,3,4). The summed E-state index contributed by atoms with van der Waals surface area (Å²) in [5.41, 5.74) is 10.5. The molecule has 0 radical (unpaired) electrons. The Morgan fingerprint density at radius 3 is 1.24 bits per heavy atom. The Morgan fingerprint density at radius 1 is 0.800 bits per heavy atom. The molecule has 0 aliphatic carbocycles. The van der Waals surface area contributed by atoms with Crippen molar-refractivity contribution in [1.29, 1.82) is 0 Å². The number of nitrogens with zero attached hydrogens (tertiary/aromatic N) is 2. The topological polar surface area (TPSA) is 247 Å². The first kappa shape index (κ1) is 21.6. The van der Waals surface area contributed by atoms with Gasteiger partial charge < -0.3 is 9.11 Å². The number of aromatic nitrogens is 2. The van der Waals surface area contributed by atoms with Crippen LogP contribution in [0.2, 0.25) is 0 Å². The summed E-state index contributed by atoms with van der Waals surface area (Å²) in [7, 11) is -5.17. The summed E-state index contributed by atoms with van der Waals surface area (Å²) >= 11 is 0. The van der Waals surface area contributed by atoms with E-state index in [1.165, 1.54) is 36.7 Å². The lowest BCUT2D eigenvalue weighted by atomic mass is 10.4. The minimum absolute atomic E-state index is 0.00852. The predicted molar refractivity (Wildman–Crippen MR) is 78.6 cm³/mol. The normalized spacial score (nSPS) is 9.68. The molecule has 0 saturated carbocycles. The van der Waals surface area contributed by atoms with Crippen molar-refractivity contribution in [3.05, 3.63) is 56.9 Å². The molecule has 136 valence electrons. The van der Waals surface area contributed by atoms with Gasteiger partial charge in [0.05, 0.1) is 9.85 Å². The van der Waals surface area contributed by atoms with E-state index in [9.17, 15) is 20.2 Å². The molecular weight excluding hydrogens is 364 g/mol. The second-order valence-electron chi connectivity index (χ2n) is 3.93. The van der Waals surface area contributed by atoms with E-state index in [4.69, 9.17) is 29.0 Å². The van der Waals surface area contributed by atoms with Crippen molar-refractivity contribution in [2.75, 3.05) is 11.5 Å². The van der Waals surface area contributed by atoms with Gasteiger partial charge in [0.15, 0.2) is 12.4 Å². The van der Waals surface area contributed by atoms with Crippen molar-refractivity contribution >= 4 is 33.4 Å². The van der Waals surface area contributed by atoms with Crippen LogP contribution in [-0.2, 0) is 10.4 Å². The van der Waals surface area contributed by atoms with E-state index in [-0.39, 0.29) is 11.4 Å². The highest BCUT2D eigenvalue weighted by molar-refractivity contribution is 7.79. The number of nitrogen functional groups attached to an aromatic ring is 2. The van der Waals surface area contributed by atoms with E-state index in [2.05, 4.69) is 9.97 Å². The average molecular weight is 376 g/mol. The minimum Gasteiger partial charge on any atom is -0.759 e. The quantitative estimate of drug-likeness (QED) is 0.269. The molecule has 0 aliphatic rings. The van der Waals surface area contributed by atoms with Crippen LogP contribution in [0.5, 0.6) is 0 Å². The number of anilines is 2. The maximum atomic E-state index is 10.1. The second-order valence-corrected chi connectivity index (χ2v) is 4.74. The summed E-state index contributed by atoms with van der Waals surface area (Å²) in [4.78, 5) is 24.2. The van der Waals surface area contributed by atoms with Crippen molar-refractivity contribution in [1.82, 2.24) is 0 Å².